The monoisotopic (exact) mass is 251 g/mol. The van der Waals surface area contributed by atoms with Gasteiger partial charge in [-0.25, -0.2) is 0 Å². The Morgan fingerprint density at radius 3 is 2.29 bits per heavy atom. The molecule has 3 nitrogen and oxygen atoms in total. The molecule has 0 saturated carbocycles. The van der Waals surface area contributed by atoms with Crippen LogP contribution in [0.5, 0.6) is 0 Å². The van der Waals surface area contributed by atoms with Gasteiger partial charge in [-0.05, 0) is 46.1 Å². The molecule has 1 fully saturated rings. The summed E-state index contributed by atoms with van der Waals surface area (Å²) in [4.78, 5) is 5.51. The quantitative estimate of drug-likeness (QED) is 0.595. The SMILES string of the molecule is CSc1ccnc(B2OC(C)(C)C(C)(C)O2)c1. The molecule has 92 valence electrons. The molecule has 5 heteroatoms. The van der Waals surface area contributed by atoms with E-state index < -0.39 is 0 Å². The maximum absolute atomic E-state index is 5.96. The van der Waals surface area contributed by atoms with Crippen molar-refractivity contribution in [2.45, 2.75) is 43.8 Å². The van der Waals surface area contributed by atoms with Crippen LogP contribution in [-0.2, 0) is 9.31 Å². The van der Waals surface area contributed by atoms with E-state index in [1.54, 1.807) is 18.0 Å². The Balaban J connectivity index is 2.25. The van der Waals surface area contributed by atoms with Gasteiger partial charge in [0.2, 0.25) is 0 Å². The predicted molar refractivity (Wildman–Crippen MR) is 71.7 cm³/mol. The summed E-state index contributed by atoms with van der Waals surface area (Å²) in [6.45, 7) is 8.19. The summed E-state index contributed by atoms with van der Waals surface area (Å²) in [5.41, 5.74) is 0.221. The summed E-state index contributed by atoms with van der Waals surface area (Å²) >= 11 is 1.69. The molecule has 0 bridgehead atoms. The van der Waals surface area contributed by atoms with Gasteiger partial charge in [0.1, 0.15) is 0 Å². The summed E-state index contributed by atoms with van der Waals surface area (Å²) < 4.78 is 11.9. The van der Waals surface area contributed by atoms with Crippen molar-refractivity contribution in [3.8, 4) is 0 Å². The van der Waals surface area contributed by atoms with Crippen molar-refractivity contribution in [2.24, 2.45) is 0 Å². The molecule has 2 rings (SSSR count). The van der Waals surface area contributed by atoms with Crippen LogP contribution in [0.2, 0.25) is 0 Å². The third kappa shape index (κ3) is 2.37. The molecule has 1 aliphatic heterocycles. The summed E-state index contributed by atoms with van der Waals surface area (Å²) in [5.74, 6) is 0. The maximum Gasteiger partial charge on any atom is 0.514 e. The van der Waals surface area contributed by atoms with Crippen LogP contribution in [0.4, 0.5) is 0 Å². The van der Waals surface area contributed by atoms with Gasteiger partial charge in [0.25, 0.3) is 0 Å². The Labute approximate surface area is 107 Å². The normalized spacial score (nSPS) is 21.8. The second kappa shape index (κ2) is 4.30. The van der Waals surface area contributed by atoms with Gasteiger partial charge in [0.15, 0.2) is 0 Å². The van der Waals surface area contributed by atoms with E-state index in [-0.39, 0.29) is 18.3 Å². The molecule has 1 aromatic heterocycles. The van der Waals surface area contributed by atoms with Gasteiger partial charge in [-0.1, -0.05) is 0 Å². The van der Waals surface area contributed by atoms with Crippen molar-refractivity contribution in [1.29, 1.82) is 0 Å². The molecule has 1 aliphatic rings. The zero-order valence-corrected chi connectivity index (χ0v) is 11.8. The number of hydrogen-bond acceptors (Lipinski definition) is 4. The lowest BCUT2D eigenvalue weighted by molar-refractivity contribution is 0.00578. The van der Waals surface area contributed by atoms with E-state index in [0.717, 1.165) is 5.59 Å². The van der Waals surface area contributed by atoms with Gasteiger partial charge >= 0.3 is 7.12 Å². The van der Waals surface area contributed by atoms with Crippen LogP contribution in [0.25, 0.3) is 0 Å². The van der Waals surface area contributed by atoms with Gasteiger partial charge < -0.3 is 9.31 Å². The Hall–Kier alpha value is -0.515. The molecule has 2 heterocycles. The van der Waals surface area contributed by atoms with E-state index in [2.05, 4.69) is 4.98 Å². The Morgan fingerprint density at radius 1 is 1.18 bits per heavy atom. The van der Waals surface area contributed by atoms with Crippen LogP contribution < -0.4 is 5.59 Å². The first-order valence-electron chi connectivity index (χ1n) is 5.71. The molecule has 17 heavy (non-hydrogen) atoms. The maximum atomic E-state index is 5.96. The van der Waals surface area contributed by atoms with Crippen molar-refractivity contribution in [2.75, 3.05) is 6.26 Å². The highest BCUT2D eigenvalue weighted by Gasteiger charge is 2.52. The molecular weight excluding hydrogens is 233 g/mol. The van der Waals surface area contributed by atoms with E-state index in [1.165, 1.54) is 4.90 Å². The van der Waals surface area contributed by atoms with E-state index >= 15 is 0 Å². The minimum atomic E-state index is -0.368. The van der Waals surface area contributed by atoms with Crippen LogP contribution in [-0.4, -0.2) is 29.6 Å². The van der Waals surface area contributed by atoms with Crippen LogP contribution in [0.3, 0.4) is 0 Å². The Kier molecular flexibility index (Phi) is 3.27. The molecule has 1 aromatic rings. The third-order valence-corrected chi connectivity index (χ3v) is 4.21. The topological polar surface area (TPSA) is 31.4 Å². The second-order valence-electron chi connectivity index (χ2n) is 5.21. The van der Waals surface area contributed by atoms with Crippen LogP contribution in [0.1, 0.15) is 27.7 Å². The van der Waals surface area contributed by atoms with Crippen molar-refractivity contribution < 1.29 is 9.31 Å². The number of thioether (sulfide) groups is 1. The summed E-state index contributed by atoms with van der Waals surface area (Å²) in [6, 6.07) is 4.01. The van der Waals surface area contributed by atoms with Gasteiger partial charge in [0.05, 0.1) is 16.8 Å². The smallest absolute Gasteiger partial charge is 0.398 e. The fourth-order valence-corrected chi connectivity index (χ4v) is 2.08. The number of hydrogen-bond donors (Lipinski definition) is 0. The number of rotatable bonds is 2. The molecule has 0 N–H and O–H groups in total. The Bertz CT molecular complexity index is 407. The highest BCUT2D eigenvalue weighted by Crippen LogP contribution is 2.36. The zero-order valence-electron chi connectivity index (χ0n) is 11.0. The van der Waals surface area contributed by atoms with Crippen molar-refractivity contribution >= 4 is 24.5 Å². The highest BCUT2D eigenvalue weighted by atomic mass is 32.2. The fraction of sp³-hybridized carbons (Fsp3) is 0.583. The first-order chi connectivity index (χ1) is 7.86. The van der Waals surface area contributed by atoms with Crippen molar-refractivity contribution in [3.05, 3.63) is 18.3 Å². The predicted octanol–water partition coefficient (Wildman–Crippen LogP) is 2.10. The van der Waals surface area contributed by atoms with Gasteiger partial charge in [-0.15, -0.1) is 11.8 Å². The van der Waals surface area contributed by atoms with E-state index in [1.807, 2.05) is 46.1 Å². The van der Waals surface area contributed by atoms with E-state index in [4.69, 9.17) is 9.31 Å². The molecule has 0 unspecified atom stereocenters. The number of aromatic nitrogens is 1. The lowest BCUT2D eigenvalue weighted by Crippen LogP contribution is -2.41. The largest absolute Gasteiger partial charge is 0.514 e. The lowest BCUT2D eigenvalue weighted by atomic mass is 9.84. The van der Waals surface area contributed by atoms with Gasteiger partial charge in [-0.2, -0.15) is 0 Å². The molecule has 1 saturated heterocycles. The molecule has 0 atom stereocenters. The summed E-state index contributed by atoms with van der Waals surface area (Å²) in [7, 11) is -0.368. The molecular formula is C12H18BNO2S. The number of nitrogens with zero attached hydrogens (tertiary/aromatic N) is 1. The second-order valence-corrected chi connectivity index (χ2v) is 6.09. The molecule has 0 radical (unpaired) electrons. The molecule has 0 aromatic carbocycles. The average molecular weight is 251 g/mol. The lowest BCUT2D eigenvalue weighted by Gasteiger charge is -2.32. The van der Waals surface area contributed by atoms with Crippen LogP contribution in [0.15, 0.2) is 23.2 Å². The average Bonchev–Trinajstić information content (AvgIpc) is 2.48. The van der Waals surface area contributed by atoms with Crippen molar-refractivity contribution in [3.63, 3.8) is 0 Å². The zero-order chi connectivity index (χ0) is 12.7. The first kappa shape index (κ1) is 12.9. The summed E-state index contributed by atoms with van der Waals surface area (Å²) in [5, 5.41) is 0. The van der Waals surface area contributed by atoms with Crippen molar-refractivity contribution in [1.82, 2.24) is 4.98 Å². The van der Waals surface area contributed by atoms with Crippen LogP contribution >= 0.6 is 11.8 Å². The van der Waals surface area contributed by atoms with Crippen LogP contribution in [0, 0.1) is 0 Å². The number of pyridine rings is 1. The molecule has 0 spiro atoms. The standard InChI is InChI=1S/C12H18BNO2S/c1-11(2)12(3,4)16-13(15-11)10-8-9(17-5)6-7-14-10/h6-8H,1-5H3. The minimum Gasteiger partial charge on any atom is -0.398 e. The third-order valence-electron chi connectivity index (χ3n) is 3.48. The van der Waals surface area contributed by atoms with E-state index in [9.17, 15) is 0 Å². The van der Waals surface area contributed by atoms with E-state index in [0.29, 0.717) is 0 Å². The minimum absolute atomic E-state index is 0.311. The van der Waals surface area contributed by atoms with Gasteiger partial charge in [0, 0.05) is 11.1 Å². The first-order valence-corrected chi connectivity index (χ1v) is 6.94. The Morgan fingerprint density at radius 2 is 1.76 bits per heavy atom. The highest BCUT2D eigenvalue weighted by molar-refractivity contribution is 7.98. The van der Waals surface area contributed by atoms with Gasteiger partial charge in [-0.3, -0.25) is 4.98 Å². The molecule has 0 amide bonds. The molecule has 0 aliphatic carbocycles. The fourth-order valence-electron chi connectivity index (χ4n) is 1.65. The summed E-state index contributed by atoms with van der Waals surface area (Å²) in [6.07, 6.45) is 3.84.